The molecule has 7 heteroatoms. The lowest BCUT2D eigenvalue weighted by Gasteiger charge is -2.30. The van der Waals surface area contributed by atoms with Gasteiger partial charge in [0.25, 0.3) is 0 Å². The van der Waals surface area contributed by atoms with E-state index in [9.17, 15) is 13.6 Å². The smallest absolute Gasteiger partial charge is 0.381 e. The van der Waals surface area contributed by atoms with Crippen molar-refractivity contribution in [2.75, 3.05) is 23.7 Å². The number of amides is 1. The minimum Gasteiger partial charge on any atom is -0.381 e. The number of hydrogen-bond donors (Lipinski definition) is 2. The Morgan fingerprint density at radius 3 is 2.43 bits per heavy atom. The van der Waals surface area contributed by atoms with Gasteiger partial charge >= 0.3 is 5.91 Å². The molecule has 0 radical (unpaired) electrons. The second-order valence-corrected chi connectivity index (χ2v) is 8.06. The highest BCUT2D eigenvalue weighted by molar-refractivity contribution is 5.88. The summed E-state index contributed by atoms with van der Waals surface area (Å²) in [5, 5.41) is 6.07. The van der Waals surface area contributed by atoms with Gasteiger partial charge in [0.15, 0.2) is 6.04 Å². The second-order valence-electron chi connectivity index (χ2n) is 8.06. The molecule has 5 nitrogen and oxygen atoms in total. The van der Waals surface area contributed by atoms with Crippen LogP contribution in [0.2, 0.25) is 0 Å². The highest BCUT2D eigenvalue weighted by Gasteiger charge is 2.44. The summed E-state index contributed by atoms with van der Waals surface area (Å²) < 4.78 is 30.1. The average molecular weight is 416 g/mol. The number of carbonyl (C=O) groups excluding carboxylic acids is 1. The Balaban J connectivity index is 1.70. The summed E-state index contributed by atoms with van der Waals surface area (Å²) in [5.74, 6) is -1.32. The molecule has 30 heavy (non-hydrogen) atoms. The van der Waals surface area contributed by atoms with Gasteiger partial charge in [-0.15, -0.1) is 4.58 Å². The Hall–Kier alpha value is -2.80. The van der Waals surface area contributed by atoms with Crippen LogP contribution in [0, 0.1) is 11.6 Å². The third-order valence-electron chi connectivity index (χ3n) is 5.41. The van der Waals surface area contributed by atoms with Gasteiger partial charge in [0, 0.05) is 36.9 Å². The van der Waals surface area contributed by atoms with Crippen molar-refractivity contribution in [3.8, 4) is 0 Å². The third-order valence-corrected chi connectivity index (χ3v) is 5.41. The number of nitrogens with zero attached hydrogens (tertiary/aromatic N) is 2. The molecule has 2 aromatic carbocycles. The fraction of sp³-hybridized carbons (Fsp3) is 0.391. The molecule has 0 saturated heterocycles. The van der Waals surface area contributed by atoms with Gasteiger partial charge < -0.3 is 10.6 Å². The number of nitrogens with one attached hydrogen (secondary N) is 2. The summed E-state index contributed by atoms with van der Waals surface area (Å²) in [6.07, 6.45) is 0. The van der Waals surface area contributed by atoms with Crippen LogP contribution in [0.25, 0.3) is 0 Å². The molecule has 0 spiro atoms. The first kappa shape index (κ1) is 21.9. The van der Waals surface area contributed by atoms with Gasteiger partial charge in [-0.1, -0.05) is 6.07 Å². The zero-order valence-electron chi connectivity index (χ0n) is 17.9. The molecule has 160 valence electrons. The van der Waals surface area contributed by atoms with E-state index in [0.29, 0.717) is 35.7 Å². The monoisotopic (exact) mass is 415 g/mol. The Morgan fingerprint density at radius 1 is 1.10 bits per heavy atom. The number of fused-ring (bicyclic) bond motifs is 1. The first-order valence-corrected chi connectivity index (χ1v) is 10.2. The van der Waals surface area contributed by atoms with E-state index < -0.39 is 17.7 Å². The van der Waals surface area contributed by atoms with E-state index in [4.69, 9.17) is 0 Å². The van der Waals surface area contributed by atoms with Gasteiger partial charge in [0.05, 0.1) is 11.3 Å². The maximum Gasteiger partial charge on any atom is 0.419 e. The minimum absolute atomic E-state index is 0.225. The zero-order valence-corrected chi connectivity index (χ0v) is 17.9. The van der Waals surface area contributed by atoms with Crippen molar-refractivity contribution >= 4 is 29.7 Å². The summed E-state index contributed by atoms with van der Waals surface area (Å²) in [5.41, 5.74) is 1.42. The van der Waals surface area contributed by atoms with Crippen LogP contribution in [0.3, 0.4) is 0 Å². The lowest BCUT2D eigenvalue weighted by Crippen LogP contribution is -2.40. The van der Waals surface area contributed by atoms with Crippen molar-refractivity contribution in [3.05, 3.63) is 53.6 Å². The van der Waals surface area contributed by atoms with Crippen molar-refractivity contribution in [2.24, 2.45) is 0 Å². The molecule has 0 aliphatic carbocycles. The molecule has 0 bridgehead atoms. The van der Waals surface area contributed by atoms with Crippen LogP contribution in [0.15, 0.2) is 36.4 Å². The van der Waals surface area contributed by atoms with Crippen LogP contribution < -0.4 is 10.6 Å². The molecular formula is C23H29F2N4O+. The summed E-state index contributed by atoms with van der Waals surface area (Å²) in [4.78, 5) is 14.8. The highest BCUT2D eigenvalue weighted by atomic mass is 19.1. The van der Waals surface area contributed by atoms with Crippen molar-refractivity contribution in [1.29, 1.82) is 0 Å². The molecule has 2 aromatic rings. The number of halogens is 2. The second kappa shape index (κ2) is 8.92. The van der Waals surface area contributed by atoms with E-state index in [1.807, 2.05) is 0 Å². The van der Waals surface area contributed by atoms with E-state index in [1.54, 1.807) is 18.2 Å². The van der Waals surface area contributed by atoms with E-state index in [2.05, 4.69) is 49.9 Å². The number of hydrogen-bond acceptors (Lipinski definition) is 4. The highest BCUT2D eigenvalue weighted by Crippen LogP contribution is 2.38. The van der Waals surface area contributed by atoms with E-state index in [1.165, 1.54) is 18.2 Å². The normalized spacial score (nSPS) is 16.0. The molecule has 3 rings (SSSR count). The Labute approximate surface area is 176 Å². The number of carbonyl (C=O) groups is 1. The van der Waals surface area contributed by atoms with Crippen molar-refractivity contribution in [3.63, 3.8) is 0 Å². The quantitative estimate of drug-likeness (QED) is 0.622. The van der Waals surface area contributed by atoms with Crippen molar-refractivity contribution < 1.29 is 18.2 Å². The van der Waals surface area contributed by atoms with Crippen LogP contribution in [-0.2, 0) is 4.79 Å². The number of anilines is 2. The minimum atomic E-state index is -0.942. The lowest BCUT2D eigenvalue weighted by molar-refractivity contribution is -0.352. The largest absolute Gasteiger partial charge is 0.419 e. The van der Waals surface area contributed by atoms with Crippen LogP contribution in [0.1, 0.15) is 39.3 Å². The summed E-state index contributed by atoms with van der Waals surface area (Å²) >= 11 is 0. The van der Waals surface area contributed by atoms with Crippen LogP contribution in [-0.4, -0.2) is 47.3 Å². The average Bonchev–Trinajstić information content (AvgIpc) is 2.92. The zero-order chi connectivity index (χ0) is 22.0. The van der Waals surface area contributed by atoms with E-state index in [0.717, 1.165) is 11.1 Å². The Morgan fingerprint density at radius 2 is 1.80 bits per heavy atom. The predicted molar refractivity (Wildman–Crippen MR) is 117 cm³/mol. The van der Waals surface area contributed by atoms with Crippen LogP contribution >= 0.6 is 0 Å². The maximum absolute atomic E-state index is 14.6. The van der Waals surface area contributed by atoms with Crippen molar-refractivity contribution in [1.82, 2.24) is 4.90 Å². The SMILES string of the molecule is C=[N+]1C(=O)C(Nc2ccc(NCCN(C(C)C)C(C)C)c(F)c2)c2c(F)cccc21. The summed E-state index contributed by atoms with van der Waals surface area (Å²) in [6, 6.07) is 8.94. The first-order chi connectivity index (χ1) is 14.2. The van der Waals surface area contributed by atoms with Gasteiger partial charge in [-0.2, -0.15) is 0 Å². The maximum atomic E-state index is 14.6. The molecule has 0 aromatic heterocycles. The molecule has 1 amide bonds. The molecular weight excluding hydrogens is 386 g/mol. The molecule has 1 aliphatic heterocycles. The van der Waals surface area contributed by atoms with Gasteiger partial charge in [-0.3, -0.25) is 4.90 Å². The van der Waals surface area contributed by atoms with E-state index in [-0.39, 0.29) is 11.5 Å². The van der Waals surface area contributed by atoms with Gasteiger partial charge in [0.1, 0.15) is 18.4 Å². The third kappa shape index (κ3) is 4.36. The fourth-order valence-corrected chi connectivity index (χ4v) is 3.93. The van der Waals surface area contributed by atoms with Crippen LogP contribution in [0.4, 0.5) is 25.8 Å². The first-order valence-electron chi connectivity index (χ1n) is 10.2. The summed E-state index contributed by atoms with van der Waals surface area (Å²) in [7, 11) is 0. The van der Waals surface area contributed by atoms with Gasteiger partial charge in [-0.25, -0.2) is 13.6 Å². The van der Waals surface area contributed by atoms with Crippen molar-refractivity contribution in [2.45, 2.75) is 45.8 Å². The van der Waals surface area contributed by atoms with Gasteiger partial charge in [-0.05, 0) is 52.0 Å². The Bertz CT molecular complexity index is 950. The standard InChI is InChI=1S/C23H29F2N4O/c1-14(2)29(15(3)4)12-11-26-19-10-9-16(13-18(19)25)27-22-21-17(24)7-6-8-20(21)28(5)23(22)30/h6-10,13-15,22,26-27H,5,11-12H2,1-4H3/q+1. The topological polar surface area (TPSA) is 47.4 Å². The molecule has 0 fully saturated rings. The lowest BCUT2D eigenvalue weighted by atomic mass is 10.1. The Kier molecular flexibility index (Phi) is 6.51. The fourth-order valence-electron chi connectivity index (χ4n) is 3.93. The molecule has 1 aliphatic rings. The number of benzene rings is 2. The molecule has 1 atom stereocenters. The van der Waals surface area contributed by atoms with E-state index >= 15 is 0 Å². The van der Waals surface area contributed by atoms with Gasteiger partial charge in [0.2, 0.25) is 5.69 Å². The molecule has 1 unspecified atom stereocenters. The molecule has 2 N–H and O–H groups in total. The predicted octanol–water partition coefficient (Wildman–Crippen LogP) is 4.53. The van der Waals surface area contributed by atoms with Crippen LogP contribution in [0.5, 0.6) is 0 Å². The molecule has 0 saturated carbocycles. The number of rotatable bonds is 8. The summed E-state index contributed by atoms with van der Waals surface area (Å²) in [6.45, 7) is 13.6. The molecule has 1 heterocycles.